The molecule has 8 heteroatoms. The summed E-state index contributed by atoms with van der Waals surface area (Å²) in [5, 5.41) is 12.7. The predicted octanol–water partition coefficient (Wildman–Crippen LogP) is 6.01. The molecule has 0 aliphatic carbocycles. The number of nitrogens with one attached hydrogen (secondary N) is 1. The van der Waals surface area contributed by atoms with E-state index in [1.165, 1.54) is 23.1 Å². The lowest BCUT2D eigenvalue weighted by molar-refractivity contribution is 0.102. The van der Waals surface area contributed by atoms with Gasteiger partial charge in [-0.1, -0.05) is 70.1 Å². The molecule has 0 radical (unpaired) electrons. The molecular formula is C18H15Cl2N3OS2. The van der Waals surface area contributed by atoms with E-state index in [9.17, 15) is 4.79 Å². The number of aromatic nitrogens is 2. The van der Waals surface area contributed by atoms with Crippen molar-refractivity contribution in [2.75, 3.05) is 5.32 Å². The highest BCUT2D eigenvalue weighted by molar-refractivity contribution is 8.00. The van der Waals surface area contributed by atoms with Crippen molar-refractivity contribution in [3.63, 3.8) is 0 Å². The molecule has 0 fully saturated rings. The van der Waals surface area contributed by atoms with Gasteiger partial charge in [-0.3, -0.25) is 10.1 Å². The van der Waals surface area contributed by atoms with Gasteiger partial charge in [-0.25, -0.2) is 0 Å². The third-order valence-electron chi connectivity index (χ3n) is 3.67. The molecule has 1 N–H and O–H groups in total. The third-order valence-corrected chi connectivity index (χ3v) is 6.37. The first-order valence-corrected chi connectivity index (χ1v) is 10.3. The zero-order valence-corrected chi connectivity index (χ0v) is 17.2. The number of rotatable bonds is 5. The summed E-state index contributed by atoms with van der Waals surface area (Å²) in [7, 11) is 0. The number of hydrogen-bond acceptors (Lipinski definition) is 5. The fraction of sp³-hybridized carbons (Fsp3) is 0.167. The molecule has 1 aromatic heterocycles. The number of nitrogens with zero attached hydrogens (tertiary/aromatic N) is 2. The van der Waals surface area contributed by atoms with Crippen LogP contribution in [0.25, 0.3) is 0 Å². The zero-order valence-electron chi connectivity index (χ0n) is 14.0. The SMILES string of the molecule is Cc1ccc(C)c(C(=O)Nc2nnc(SCc3c(Cl)cccc3Cl)s2)c1. The Morgan fingerprint density at radius 1 is 1.15 bits per heavy atom. The molecule has 0 atom stereocenters. The van der Waals surface area contributed by atoms with Gasteiger partial charge in [0.15, 0.2) is 4.34 Å². The monoisotopic (exact) mass is 423 g/mol. The van der Waals surface area contributed by atoms with Gasteiger partial charge in [0.05, 0.1) is 0 Å². The lowest BCUT2D eigenvalue weighted by Gasteiger charge is -2.06. The lowest BCUT2D eigenvalue weighted by atomic mass is 10.1. The number of hydrogen-bond donors (Lipinski definition) is 1. The van der Waals surface area contributed by atoms with E-state index in [-0.39, 0.29) is 5.91 Å². The van der Waals surface area contributed by atoms with Gasteiger partial charge in [0.1, 0.15) is 0 Å². The molecule has 0 unspecified atom stereocenters. The first kappa shape index (κ1) is 19.2. The van der Waals surface area contributed by atoms with Crippen LogP contribution in [0, 0.1) is 13.8 Å². The van der Waals surface area contributed by atoms with Crippen LogP contribution in [0.1, 0.15) is 27.0 Å². The van der Waals surface area contributed by atoms with Gasteiger partial charge >= 0.3 is 0 Å². The second-order valence-corrected chi connectivity index (χ2v) is 8.65. The Labute approximate surface area is 169 Å². The van der Waals surface area contributed by atoms with Gasteiger partial charge in [0.25, 0.3) is 5.91 Å². The van der Waals surface area contributed by atoms with E-state index < -0.39 is 0 Å². The van der Waals surface area contributed by atoms with E-state index in [4.69, 9.17) is 23.2 Å². The average molecular weight is 424 g/mol. The minimum Gasteiger partial charge on any atom is -0.296 e. The smallest absolute Gasteiger partial charge is 0.257 e. The molecule has 0 spiro atoms. The van der Waals surface area contributed by atoms with E-state index in [2.05, 4.69) is 15.5 Å². The largest absolute Gasteiger partial charge is 0.296 e. The number of carbonyl (C=O) groups is 1. The van der Waals surface area contributed by atoms with E-state index in [0.29, 0.717) is 26.5 Å². The standard InChI is InChI=1S/C18H15Cl2N3OS2/c1-10-6-7-11(2)12(8-10)16(24)21-17-22-23-18(26-17)25-9-13-14(19)4-3-5-15(13)20/h3-8H,9H2,1-2H3,(H,21,22,24). The Bertz CT molecular complexity index is 939. The Balaban J connectivity index is 1.66. The second-order valence-electron chi connectivity index (χ2n) is 5.63. The van der Waals surface area contributed by atoms with Crippen LogP contribution in [-0.4, -0.2) is 16.1 Å². The molecule has 0 saturated heterocycles. The van der Waals surface area contributed by atoms with Crippen molar-refractivity contribution in [2.24, 2.45) is 0 Å². The van der Waals surface area contributed by atoms with Crippen LogP contribution in [0.4, 0.5) is 5.13 Å². The van der Waals surface area contributed by atoms with Gasteiger partial charge in [-0.05, 0) is 43.2 Å². The second kappa shape index (κ2) is 8.39. The first-order chi connectivity index (χ1) is 12.4. The van der Waals surface area contributed by atoms with Crippen molar-refractivity contribution in [3.05, 3.63) is 68.7 Å². The highest BCUT2D eigenvalue weighted by Gasteiger charge is 2.14. The van der Waals surface area contributed by atoms with E-state index in [1.54, 1.807) is 12.1 Å². The molecule has 0 aliphatic rings. The summed E-state index contributed by atoms with van der Waals surface area (Å²) in [6.45, 7) is 3.86. The Kier molecular flexibility index (Phi) is 6.19. The first-order valence-electron chi connectivity index (χ1n) is 7.72. The van der Waals surface area contributed by atoms with Crippen LogP contribution in [0.3, 0.4) is 0 Å². The summed E-state index contributed by atoms with van der Waals surface area (Å²) >= 11 is 15.2. The third kappa shape index (κ3) is 4.57. The van der Waals surface area contributed by atoms with Crippen LogP contribution in [0.2, 0.25) is 10.0 Å². The Hall–Kier alpha value is -1.60. The van der Waals surface area contributed by atoms with Gasteiger partial charge in [-0.15, -0.1) is 10.2 Å². The molecule has 2 aromatic carbocycles. The minimum absolute atomic E-state index is 0.187. The van der Waals surface area contributed by atoms with Crippen molar-refractivity contribution in [2.45, 2.75) is 23.9 Å². The molecule has 1 heterocycles. The molecule has 0 bridgehead atoms. The van der Waals surface area contributed by atoms with Crippen molar-refractivity contribution >= 4 is 57.3 Å². The van der Waals surface area contributed by atoms with E-state index in [0.717, 1.165) is 21.0 Å². The summed E-state index contributed by atoms with van der Waals surface area (Å²) in [5.41, 5.74) is 3.45. The maximum absolute atomic E-state index is 12.5. The lowest BCUT2D eigenvalue weighted by Crippen LogP contribution is -2.13. The maximum atomic E-state index is 12.5. The van der Waals surface area contributed by atoms with Crippen molar-refractivity contribution < 1.29 is 4.79 Å². The van der Waals surface area contributed by atoms with Crippen LogP contribution >= 0.6 is 46.3 Å². The average Bonchev–Trinajstić information content (AvgIpc) is 3.04. The van der Waals surface area contributed by atoms with Crippen LogP contribution in [0.5, 0.6) is 0 Å². The van der Waals surface area contributed by atoms with Crippen molar-refractivity contribution in [1.29, 1.82) is 0 Å². The number of aryl methyl sites for hydroxylation is 2. The highest BCUT2D eigenvalue weighted by Crippen LogP contribution is 2.33. The normalized spacial score (nSPS) is 10.8. The molecule has 134 valence electrons. The predicted molar refractivity (Wildman–Crippen MR) is 110 cm³/mol. The van der Waals surface area contributed by atoms with Crippen molar-refractivity contribution in [1.82, 2.24) is 10.2 Å². The van der Waals surface area contributed by atoms with Crippen LogP contribution in [-0.2, 0) is 5.75 Å². The summed E-state index contributed by atoms with van der Waals surface area (Å²) in [6.07, 6.45) is 0. The topological polar surface area (TPSA) is 54.9 Å². The minimum atomic E-state index is -0.187. The molecule has 0 aliphatic heterocycles. The summed E-state index contributed by atoms with van der Waals surface area (Å²) in [6, 6.07) is 11.2. The molecule has 3 rings (SSSR count). The van der Waals surface area contributed by atoms with E-state index in [1.807, 2.05) is 38.1 Å². The van der Waals surface area contributed by atoms with Crippen LogP contribution in [0.15, 0.2) is 40.7 Å². The molecule has 26 heavy (non-hydrogen) atoms. The van der Waals surface area contributed by atoms with Gasteiger partial charge in [-0.2, -0.15) is 0 Å². The van der Waals surface area contributed by atoms with Gasteiger partial charge in [0, 0.05) is 21.4 Å². The van der Waals surface area contributed by atoms with Gasteiger partial charge in [0.2, 0.25) is 5.13 Å². The number of carbonyl (C=O) groups excluding carboxylic acids is 1. The fourth-order valence-electron chi connectivity index (χ4n) is 2.27. The molecule has 0 saturated carbocycles. The molecule has 3 aromatic rings. The highest BCUT2D eigenvalue weighted by atomic mass is 35.5. The Morgan fingerprint density at radius 3 is 2.62 bits per heavy atom. The Morgan fingerprint density at radius 2 is 1.88 bits per heavy atom. The maximum Gasteiger partial charge on any atom is 0.257 e. The van der Waals surface area contributed by atoms with Crippen molar-refractivity contribution in [3.8, 4) is 0 Å². The number of anilines is 1. The van der Waals surface area contributed by atoms with Crippen LogP contribution < -0.4 is 5.32 Å². The summed E-state index contributed by atoms with van der Waals surface area (Å²) in [5.74, 6) is 0.394. The van der Waals surface area contributed by atoms with Gasteiger partial charge < -0.3 is 0 Å². The number of thioether (sulfide) groups is 1. The number of benzene rings is 2. The quantitative estimate of drug-likeness (QED) is 0.403. The zero-order chi connectivity index (χ0) is 18.7. The number of amides is 1. The molecule has 1 amide bonds. The summed E-state index contributed by atoms with van der Waals surface area (Å²) < 4.78 is 0.734. The number of halogens is 2. The fourth-order valence-corrected chi connectivity index (χ4v) is 4.76. The van der Waals surface area contributed by atoms with E-state index >= 15 is 0 Å². The molecule has 4 nitrogen and oxygen atoms in total. The molecular weight excluding hydrogens is 409 g/mol. The summed E-state index contributed by atoms with van der Waals surface area (Å²) in [4.78, 5) is 12.5.